The quantitative estimate of drug-likeness (QED) is 0.862. The summed E-state index contributed by atoms with van der Waals surface area (Å²) in [6.45, 7) is 2.37. The van der Waals surface area contributed by atoms with Crippen LogP contribution in [0.25, 0.3) is 11.4 Å². The van der Waals surface area contributed by atoms with E-state index in [4.69, 9.17) is 9.84 Å². The Morgan fingerprint density at radius 2 is 2.00 bits per heavy atom. The van der Waals surface area contributed by atoms with E-state index in [-0.39, 0.29) is 6.61 Å². The number of rotatable bonds is 4. The third-order valence-electron chi connectivity index (χ3n) is 2.18. The van der Waals surface area contributed by atoms with Gasteiger partial charge in [-0.15, -0.1) is 0 Å². The number of aliphatic hydroxyl groups excluding tert-OH is 1. The Hall–Kier alpha value is -2.01. The van der Waals surface area contributed by atoms with E-state index >= 15 is 0 Å². The van der Waals surface area contributed by atoms with Gasteiger partial charge in [-0.05, 0) is 19.1 Å². The van der Waals surface area contributed by atoms with Gasteiger partial charge >= 0.3 is 0 Å². The highest BCUT2D eigenvalue weighted by Gasteiger charge is 2.09. The molecule has 2 rings (SSSR count). The number of hydrogen-bond acceptors (Lipinski definition) is 5. The maximum absolute atomic E-state index is 8.92. The molecule has 0 unspecified atom stereocenters. The fourth-order valence-electron chi connectivity index (χ4n) is 1.39. The van der Waals surface area contributed by atoms with E-state index in [0.29, 0.717) is 23.9 Å². The Bertz CT molecular complexity index is 485. The van der Waals surface area contributed by atoms with Crippen molar-refractivity contribution in [3.63, 3.8) is 0 Å². The zero-order chi connectivity index (χ0) is 12.1. The van der Waals surface area contributed by atoms with Crippen molar-refractivity contribution in [2.45, 2.75) is 13.5 Å². The molecule has 0 saturated carbocycles. The van der Waals surface area contributed by atoms with Crippen LogP contribution in [-0.4, -0.2) is 26.7 Å². The Balaban J connectivity index is 2.37. The van der Waals surface area contributed by atoms with Crippen LogP contribution in [-0.2, 0) is 6.61 Å². The predicted molar refractivity (Wildman–Crippen MR) is 62.4 cm³/mol. The SMILES string of the molecule is CCOc1ncccc1-c1ncc(CO)cn1. The van der Waals surface area contributed by atoms with Crippen LogP contribution < -0.4 is 4.74 Å². The van der Waals surface area contributed by atoms with E-state index in [9.17, 15) is 0 Å². The molecule has 0 spiro atoms. The van der Waals surface area contributed by atoms with E-state index in [1.165, 1.54) is 0 Å². The molecule has 17 heavy (non-hydrogen) atoms. The molecule has 0 aliphatic heterocycles. The molecule has 1 N–H and O–H groups in total. The summed E-state index contributed by atoms with van der Waals surface area (Å²) in [5.41, 5.74) is 1.43. The fourth-order valence-corrected chi connectivity index (χ4v) is 1.39. The largest absolute Gasteiger partial charge is 0.477 e. The second-order valence-electron chi connectivity index (χ2n) is 3.36. The number of ether oxygens (including phenoxy) is 1. The zero-order valence-electron chi connectivity index (χ0n) is 9.50. The van der Waals surface area contributed by atoms with Crippen LogP contribution in [0.1, 0.15) is 12.5 Å². The summed E-state index contributed by atoms with van der Waals surface area (Å²) in [6.07, 6.45) is 4.84. The van der Waals surface area contributed by atoms with Crippen LogP contribution in [0.15, 0.2) is 30.7 Å². The molecular weight excluding hydrogens is 218 g/mol. The van der Waals surface area contributed by atoms with Crippen molar-refractivity contribution in [1.29, 1.82) is 0 Å². The van der Waals surface area contributed by atoms with Crippen LogP contribution in [0.2, 0.25) is 0 Å². The lowest BCUT2D eigenvalue weighted by molar-refractivity contribution is 0.281. The maximum atomic E-state index is 8.92. The van der Waals surface area contributed by atoms with Crippen molar-refractivity contribution in [3.05, 3.63) is 36.3 Å². The second-order valence-corrected chi connectivity index (χ2v) is 3.36. The van der Waals surface area contributed by atoms with Gasteiger partial charge in [0, 0.05) is 24.2 Å². The summed E-state index contributed by atoms with van der Waals surface area (Å²) in [5, 5.41) is 8.92. The van der Waals surface area contributed by atoms with E-state index in [2.05, 4.69) is 15.0 Å². The minimum Gasteiger partial charge on any atom is -0.477 e. The van der Waals surface area contributed by atoms with E-state index in [0.717, 1.165) is 5.56 Å². The molecule has 0 fully saturated rings. The van der Waals surface area contributed by atoms with E-state index in [1.807, 2.05) is 13.0 Å². The minimum atomic E-state index is -0.0639. The average Bonchev–Trinajstić information content (AvgIpc) is 2.40. The average molecular weight is 231 g/mol. The van der Waals surface area contributed by atoms with Crippen LogP contribution in [0.3, 0.4) is 0 Å². The van der Waals surface area contributed by atoms with Crippen molar-refractivity contribution in [2.24, 2.45) is 0 Å². The summed E-state index contributed by atoms with van der Waals surface area (Å²) < 4.78 is 5.41. The molecule has 0 aliphatic carbocycles. The summed E-state index contributed by atoms with van der Waals surface area (Å²) >= 11 is 0. The van der Waals surface area contributed by atoms with Crippen molar-refractivity contribution in [3.8, 4) is 17.3 Å². The van der Waals surface area contributed by atoms with Gasteiger partial charge in [-0.25, -0.2) is 15.0 Å². The molecule has 2 aromatic heterocycles. The van der Waals surface area contributed by atoms with Gasteiger partial charge in [-0.1, -0.05) is 0 Å². The molecule has 2 aromatic rings. The number of hydrogen-bond donors (Lipinski definition) is 1. The number of aromatic nitrogens is 3. The molecule has 0 amide bonds. The molecule has 0 aliphatic rings. The molecule has 0 bridgehead atoms. The van der Waals surface area contributed by atoms with Gasteiger partial charge in [0.25, 0.3) is 0 Å². The highest BCUT2D eigenvalue weighted by Crippen LogP contribution is 2.24. The first-order valence-electron chi connectivity index (χ1n) is 5.35. The number of nitrogens with zero attached hydrogens (tertiary/aromatic N) is 3. The van der Waals surface area contributed by atoms with Crippen molar-refractivity contribution in [2.75, 3.05) is 6.61 Å². The van der Waals surface area contributed by atoms with Gasteiger partial charge < -0.3 is 9.84 Å². The Morgan fingerprint density at radius 3 is 2.65 bits per heavy atom. The molecule has 0 saturated heterocycles. The number of aliphatic hydroxyl groups is 1. The zero-order valence-corrected chi connectivity index (χ0v) is 9.50. The molecule has 2 heterocycles. The topological polar surface area (TPSA) is 68.1 Å². The summed E-state index contributed by atoms with van der Waals surface area (Å²) in [6, 6.07) is 3.66. The summed E-state index contributed by atoms with van der Waals surface area (Å²) in [5.74, 6) is 1.06. The van der Waals surface area contributed by atoms with Crippen molar-refractivity contribution < 1.29 is 9.84 Å². The van der Waals surface area contributed by atoms with Crippen molar-refractivity contribution >= 4 is 0 Å². The van der Waals surface area contributed by atoms with Gasteiger partial charge in [-0.2, -0.15) is 0 Å². The van der Waals surface area contributed by atoms with Crippen LogP contribution in [0.5, 0.6) is 5.88 Å². The third kappa shape index (κ3) is 2.57. The van der Waals surface area contributed by atoms with Gasteiger partial charge in [0.2, 0.25) is 5.88 Å². The summed E-state index contributed by atoms with van der Waals surface area (Å²) in [4.78, 5) is 12.5. The lowest BCUT2D eigenvalue weighted by Crippen LogP contribution is -1.99. The smallest absolute Gasteiger partial charge is 0.224 e. The fraction of sp³-hybridized carbons (Fsp3) is 0.250. The van der Waals surface area contributed by atoms with Crippen LogP contribution in [0, 0.1) is 0 Å². The molecule has 5 nitrogen and oxygen atoms in total. The highest BCUT2D eigenvalue weighted by atomic mass is 16.5. The minimum absolute atomic E-state index is 0.0639. The molecule has 5 heteroatoms. The highest BCUT2D eigenvalue weighted by molar-refractivity contribution is 5.60. The first kappa shape index (κ1) is 11.5. The molecule has 88 valence electrons. The normalized spacial score (nSPS) is 10.2. The lowest BCUT2D eigenvalue weighted by Gasteiger charge is -2.07. The monoisotopic (exact) mass is 231 g/mol. The standard InChI is InChI=1S/C12H13N3O2/c1-2-17-12-10(4-3-5-13-12)11-14-6-9(8-16)7-15-11/h3-7,16H,2,8H2,1H3. The van der Waals surface area contributed by atoms with Crippen LogP contribution >= 0.6 is 0 Å². The Kier molecular flexibility index (Phi) is 3.62. The molecule has 0 aromatic carbocycles. The Morgan fingerprint density at radius 1 is 1.24 bits per heavy atom. The molecule has 0 radical (unpaired) electrons. The lowest BCUT2D eigenvalue weighted by atomic mass is 10.2. The van der Waals surface area contributed by atoms with E-state index in [1.54, 1.807) is 24.7 Å². The first-order chi connectivity index (χ1) is 8.35. The van der Waals surface area contributed by atoms with E-state index < -0.39 is 0 Å². The van der Waals surface area contributed by atoms with Gasteiger partial charge in [0.05, 0.1) is 18.8 Å². The molecular formula is C12H13N3O2. The first-order valence-corrected chi connectivity index (χ1v) is 5.35. The second kappa shape index (κ2) is 5.36. The molecule has 0 atom stereocenters. The van der Waals surface area contributed by atoms with Gasteiger partial charge in [-0.3, -0.25) is 0 Å². The maximum Gasteiger partial charge on any atom is 0.224 e. The third-order valence-corrected chi connectivity index (χ3v) is 2.18. The Labute approximate surface area is 99.2 Å². The summed E-state index contributed by atoms with van der Waals surface area (Å²) in [7, 11) is 0. The van der Waals surface area contributed by atoms with Gasteiger partial charge in [0.1, 0.15) is 0 Å². The number of pyridine rings is 1. The van der Waals surface area contributed by atoms with Crippen LogP contribution in [0.4, 0.5) is 0 Å². The van der Waals surface area contributed by atoms with Gasteiger partial charge in [0.15, 0.2) is 5.82 Å². The van der Waals surface area contributed by atoms with Crippen molar-refractivity contribution in [1.82, 2.24) is 15.0 Å². The predicted octanol–water partition coefficient (Wildman–Crippen LogP) is 1.43.